The van der Waals surface area contributed by atoms with E-state index in [0.29, 0.717) is 23.4 Å². The Morgan fingerprint density at radius 2 is 1.52 bits per heavy atom. The first kappa shape index (κ1) is 30.5. The van der Waals surface area contributed by atoms with Gasteiger partial charge in [0.15, 0.2) is 11.0 Å². The third-order valence-corrected chi connectivity index (χ3v) is 6.84. The number of hydrogen-bond acceptors (Lipinski definition) is 6. The Morgan fingerprint density at radius 3 is 2.05 bits per heavy atom. The van der Waals surface area contributed by atoms with Crippen LogP contribution in [0.2, 0.25) is 0 Å². The number of nitro benzene ring substituents is 1. The van der Waals surface area contributed by atoms with Gasteiger partial charge in [-0.2, -0.15) is 26.3 Å². The van der Waals surface area contributed by atoms with Crippen LogP contribution in [0.15, 0.2) is 71.9 Å². The van der Waals surface area contributed by atoms with Crippen molar-refractivity contribution in [2.45, 2.75) is 36.2 Å². The van der Waals surface area contributed by atoms with E-state index in [1.54, 1.807) is 12.1 Å². The number of carbonyl (C=O) groups is 1. The summed E-state index contributed by atoms with van der Waals surface area (Å²) < 4.78 is 94.4. The van der Waals surface area contributed by atoms with Crippen LogP contribution in [0.4, 0.5) is 36.4 Å². The van der Waals surface area contributed by atoms with E-state index in [9.17, 15) is 45.6 Å². The average Bonchev–Trinajstić information content (AvgIpc) is 3.35. The second kappa shape index (κ2) is 11.8. The number of benzene rings is 3. The second-order valence-electron chi connectivity index (χ2n) is 8.85. The van der Waals surface area contributed by atoms with Crippen molar-refractivity contribution in [1.29, 1.82) is 0 Å². The minimum atomic E-state index is -5.14. The zero-order valence-electron chi connectivity index (χ0n) is 21.2. The van der Waals surface area contributed by atoms with Crippen molar-refractivity contribution in [1.82, 2.24) is 20.1 Å². The number of nitro groups is 1. The molecule has 1 unspecified atom stereocenters. The summed E-state index contributed by atoms with van der Waals surface area (Å²) in [7, 11) is 0. The molecular weight excluding hydrogens is 595 g/mol. The summed E-state index contributed by atoms with van der Waals surface area (Å²) in [6.45, 7) is 1.39. The number of hydrogen-bond donors (Lipinski definition) is 1. The summed E-state index contributed by atoms with van der Waals surface area (Å²) in [5.41, 5.74) is -3.36. The van der Waals surface area contributed by atoms with Crippen molar-refractivity contribution in [2.75, 3.05) is 0 Å². The average molecular weight is 614 g/mol. The summed E-state index contributed by atoms with van der Waals surface area (Å²) in [6, 6.07) is 10.2. The first-order valence-electron chi connectivity index (χ1n) is 11.8. The maximum Gasteiger partial charge on any atom is 0.416 e. The molecule has 0 radical (unpaired) electrons. The molecule has 4 aromatic rings. The number of thioether (sulfide) groups is 1. The van der Waals surface area contributed by atoms with Gasteiger partial charge >= 0.3 is 12.4 Å². The molecule has 0 saturated carbocycles. The number of nitrogens with one attached hydrogen (secondary N) is 1. The number of rotatable bonds is 8. The highest BCUT2D eigenvalue weighted by molar-refractivity contribution is 7.98. The van der Waals surface area contributed by atoms with Crippen LogP contribution in [0.3, 0.4) is 0 Å². The van der Waals surface area contributed by atoms with Crippen molar-refractivity contribution in [3.63, 3.8) is 0 Å². The molecular formula is C26H18F7N5O3S. The van der Waals surface area contributed by atoms with Gasteiger partial charge in [-0.05, 0) is 55.0 Å². The minimum Gasteiger partial charge on any atom is -0.342 e. The number of amides is 1. The van der Waals surface area contributed by atoms with Crippen LogP contribution in [0, 0.1) is 15.9 Å². The lowest BCUT2D eigenvalue weighted by Gasteiger charge is -2.18. The Kier molecular flexibility index (Phi) is 8.56. The van der Waals surface area contributed by atoms with Crippen LogP contribution in [-0.4, -0.2) is 25.6 Å². The van der Waals surface area contributed by atoms with Crippen LogP contribution in [0.1, 0.15) is 45.8 Å². The first-order chi connectivity index (χ1) is 19.6. The Hall–Kier alpha value is -4.47. The van der Waals surface area contributed by atoms with Gasteiger partial charge in [0.25, 0.3) is 11.6 Å². The van der Waals surface area contributed by atoms with Crippen molar-refractivity contribution < 1.29 is 40.5 Å². The summed E-state index contributed by atoms with van der Waals surface area (Å²) in [6.07, 6.45) is -10.3. The van der Waals surface area contributed by atoms with Crippen LogP contribution in [0.5, 0.6) is 0 Å². The van der Waals surface area contributed by atoms with E-state index in [1.165, 1.54) is 47.9 Å². The fraction of sp³-hybridized carbons (Fsp3) is 0.192. The van der Waals surface area contributed by atoms with Crippen molar-refractivity contribution in [3.05, 3.63) is 111 Å². The Labute approximate surface area is 236 Å². The zero-order chi connectivity index (χ0) is 30.8. The molecule has 4 rings (SSSR count). The fourth-order valence-electron chi connectivity index (χ4n) is 3.78. The molecule has 1 amide bonds. The van der Waals surface area contributed by atoms with E-state index >= 15 is 0 Å². The number of halogens is 7. The molecule has 8 nitrogen and oxygen atoms in total. The predicted octanol–water partition coefficient (Wildman–Crippen LogP) is 7.14. The largest absolute Gasteiger partial charge is 0.416 e. The van der Waals surface area contributed by atoms with Gasteiger partial charge in [-0.1, -0.05) is 23.9 Å². The molecule has 16 heteroatoms. The van der Waals surface area contributed by atoms with Gasteiger partial charge in [0.05, 0.1) is 22.1 Å². The highest BCUT2D eigenvalue weighted by Gasteiger charge is 2.37. The minimum absolute atomic E-state index is 0.0295. The number of carbonyl (C=O) groups excluding carboxylic acids is 1. The maximum atomic E-state index is 13.3. The summed E-state index contributed by atoms with van der Waals surface area (Å²) >= 11 is 1.14. The molecule has 1 heterocycles. The van der Waals surface area contributed by atoms with Gasteiger partial charge in [0, 0.05) is 29.1 Å². The molecule has 0 aliphatic heterocycles. The molecule has 0 bridgehead atoms. The van der Waals surface area contributed by atoms with Crippen LogP contribution in [0.25, 0.3) is 5.69 Å². The quantitative estimate of drug-likeness (QED) is 0.0982. The molecule has 3 aromatic carbocycles. The van der Waals surface area contributed by atoms with Crippen molar-refractivity contribution in [3.8, 4) is 5.69 Å². The first-order valence-corrected chi connectivity index (χ1v) is 12.8. The topological polar surface area (TPSA) is 103 Å². The summed E-state index contributed by atoms with van der Waals surface area (Å²) in [4.78, 5) is 23.4. The molecule has 0 aliphatic carbocycles. The number of non-ortho nitro benzene ring substituents is 1. The molecule has 0 saturated heterocycles. The third kappa shape index (κ3) is 7.05. The highest BCUT2D eigenvalue weighted by Crippen LogP contribution is 2.36. The number of aromatic nitrogens is 3. The predicted molar refractivity (Wildman–Crippen MR) is 136 cm³/mol. The van der Waals surface area contributed by atoms with Gasteiger partial charge < -0.3 is 5.32 Å². The van der Waals surface area contributed by atoms with E-state index in [1.807, 2.05) is 0 Å². The monoisotopic (exact) mass is 613 g/mol. The van der Waals surface area contributed by atoms with E-state index in [4.69, 9.17) is 0 Å². The summed E-state index contributed by atoms with van der Waals surface area (Å²) in [5.74, 6) is -1.36. The molecule has 1 aromatic heterocycles. The molecule has 1 N–H and O–H groups in total. The molecule has 0 spiro atoms. The summed E-state index contributed by atoms with van der Waals surface area (Å²) in [5, 5.41) is 21.8. The molecule has 42 heavy (non-hydrogen) atoms. The molecule has 220 valence electrons. The van der Waals surface area contributed by atoms with Gasteiger partial charge in [-0.15, -0.1) is 10.2 Å². The van der Waals surface area contributed by atoms with Crippen LogP contribution < -0.4 is 5.32 Å². The second-order valence-corrected chi connectivity index (χ2v) is 9.80. The Morgan fingerprint density at radius 1 is 0.952 bits per heavy atom. The van der Waals surface area contributed by atoms with Crippen LogP contribution >= 0.6 is 11.8 Å². The zero-order valence-corrected chi connectivity index (χ0v) is 22.0. The van der Waals surface area contributed by atoms with Crippen LogP contribution in [-0.2, 0) is 18.1 Å². The lowest BCUT2D eigenvalue weighted by Crippen LogP contribution is -2.29. The van der Waals surface area contributed by atoms with Crippen molar-refractivity contribution in [2.24, 2.45) is 0 Å². The third-order valence-electron chi connectivity index (χ3n) is 5.84. The maximum absolute atomic E-state index is 13.3. The molecule has 0 aliphatic rings. The highest BCUT2D eigenvalue weighted by atomic mass is 32.2. The van der Waals surface area contributed by atoms with E-state index < -0.39 is 51.7 Å². The lowest BCUT2D eigenvalue weighted by atomic mass is 10.0. The van der Waals surface area contributed by atoms with Gasteiger partial charge in [0.1, 0.15) is 5.82 Å². The molecule has 0 fully saturated rings. The number of nitrogens with zero attached hydrogens (tertiary/aromatic N) is 4. The van der Waals surface area contributed by atoms with E-state index in [-0.39, 0.29) is 28.5 Å². The van der Waals surface area contributed by atoms with Gasteiger partial charge in [0.2, 0.25) is 0 Å². The van der Waals surface area contributed by atoms with E-state index in [2.05, 4.69) is 15.5 Å². The normalized spacial score (nSPS) is 12.7. The van der Waals surface area contributed by atoms with Gasteiger partial charge in [-0.25, -0.2) is 4.39 Å². The van der Waals surface area contributed by atoms with Gasteiger partial charge in [-0.3, -0.25) is 19.5 Å². The fourth-order valence-corrected chi connectivity index (χ4v) is 4.70. The number of alkyl halides is 6. The Balaban J connectivity index is 1.68. The smallest absolute Gasteiger partial charge is 0.342 e. The SMILES string of the molecule is CC(NC(=O)c1cc(C(F)(F)F)cc(C(F)(F)F)c1)c1nnc(SCc2ccc(F)cc2)n1-c1ccc([N+](=O)[O-])cc1. The molecule has 1 atom stereocenters. The Bertz CT molecular complexity index is 1570. The lowest BCUT2D eigenvalue weighted by molar-refractivity contribution is -0.384. The van der Waals surface area contributed by atoms with Crippen molar-refractivity contribution >= 4 is 23.4 Å². The standard InChI is InChI=1S/C26H18F7N5O3S/c1-14(34-23(39)16-10-17(25(28,29)30)12-18(11-16)26(31,32)33)22-35-36-24(42-13-15-2-4-19(27)5-3-15)37(22)20-6-8-21(9-7-20)38(40)41/h2-12,14H,13H2,1H3,(H,34,39). The van der Waals surface area contributed by atoms with E-state index in [0.717, 1.165) is 11.8 Å².